The second kappa shape index (κ2) is 5.93. The predicted octanol–water partition coefficient (Wildman–Crippen LogP) is 3.00. The molecule has 0 aliphatic carbocycles. The summed E-state index contributed by atoms with van der Waals surface area (Å²) in [6, 6.07) is 8.89. The van der Waals surface area contributed by atoms with Crippen molar-refractivity contribution in [2.24, 2.45) is 5.73 Å². The normalized spacial score (nSPS) is 17.1. The second-order valence-corrected chi connectivity index (χ2v) is 6.42. The number of nitrogens with zero attached hydrogens (tertiary/aromatic N) is 1. The van der Waals surface area contributed by atoms with Crippen LogP contribution in [-0.4, -0.2) is 23.3 Å². The van der Waals surface area contributed by atoms with Gasteiger partial charge >= 0.3 is 0 Å². The van der Waals surface area contributed by atoms with E-state index in [1.165, 1.54) is 10.4 Å². The van der Waals surface area contributed by atoms with Crippen molar-refractivity contribution < 1.29 is 9.59 Å². The van der Waals surface area contributed by atoms with Crippen LogP contribution < -0.4 is 5.73 Å². The zero-order valence-corrected chi connectivity index (χ0v) is 13.2. The van der Waals surface area contributed by atoms with Crippen LogP contribution in [-0.2, 0) is 6.42 Å². The molecule has 0 radical (unpaired) electrons. The number of thiophene rings is 1. The minimum atomic E-state index is -0.513. The van der Waals surface area contributed by atoms with E-state index in [2.05, 4.69) is 18.4 Å². The van der Waals surface area contributed by atoms with E-state index >= 15 is 0 Å². The van der Waals surface area contributed by atoms with E-state index in [4.69, 9.17) is 5.73 Å². The number of hydrogen-bond acceptors (Lipinski definition) is 3. The summed E-state index contributed by atoms with van der Waals surface area (Å²) in [6.07, 6.45) is 1.77. The van der Waals surface area contributed by atoms with Crippen molar-refractivity contribution in [1.29, 1.82) is 0 Å². The summed E-state index contributed by atoms with van der Waals surface area (Å²) >= 11 is 1.76. The highest BCUT2D eigenvalue weighted by atomic mass is 32.1. The van der Waals surface area contributed by atoms with Gasteiger partial charge in [-0.3, -0.25) is 9.59 Å². The number of benzene rings is 1. The summed E-state index contributed by atoms with van der Waals surface area (Å²) in [5, 5.41) is 2.09. The van der Waals surface area contributed by atoms with E-state index in [1.807, 2.05) is 4.90 Å². The average molecular weight is 314 g/mol. The number of carbonyl (C=O) groups is 2. The smallest absolute Gasteiger partial charge is 0.254 e. The Morgan fingerprint density at radius 2 is 2.09 bits per heavy atom. The van der Waals surface area contributed by atoms with E-state index in [0.717, 1.165) is 12.8 Å². The number of nitrogens with two attached hydrogens (primary N) is 1. The summed E-state index contributed by atoms with van der Waals surface area (Å²) in [5.41, 5.74) is 7.45. The third-order valence-electron chi connectivity index (χ3n) is 4.14. The SMILES string of the molecule is CC[C@H]1c2ccsc2CCN1C(=O)c1cccc(C(N)=O)c1. The van der Waals surface area contributed by atoms with E-state index in [-0.39, 0.29) is 11.9 Å². The molecule has 1 atom stereocenters. The Balaban J connectivity index is 1.92. The van der Waals surface area contributed by atoms with Gasteiger partial charge in [-0.05, 0) is 48.1 Å². The van der Waals surface area contributed by atoms with E-state index < -0.39 is 5.91 Å². The number of carbonyl (C=O) groups excluding carboxylic acids is 2. The van der Waals surface area contributed by atoms with Crippen molar-refractivity contribution in [3.8, 4) is 0 Å². The topological polar surface area (TPSA) is 63.4 Å². The molecular weight excluding hydrogens is 296 g/mol. The van der Waals surface area contributed by atoms with Gasteiger partial charge in [0, 0.05) is 22.5 Å². The molecule has 22 heavy (non-hydrogen) atoms. The van der Waals surface area contributed by atoms with E-state index in [9.17, 15) is 9.59 Å². The third-order valence-corrected chi connectivity index (χ3v) is 5.13. The zero-order valence-electron chi connectivity index (χ0n) is 12.4. The fourth-order valence-corrected chi connectivity index (χ4v) is 3.98. The lowest BCUT2D eigenvalue weighted by atomic mass is 9.96. The second-order valence-electron chi connectivity index (χ2n) is 5.42. The molecule has 1 aromatic heterocycles. The van der Waals surface area contributed by atoms with E-state index in [1.54, 1.807) is 35.6 Å². The van der Waals surface area contributed by atoms with Crippen LogP contribution in [0.3, 0.4) is 0 Å². The van der Waals surface area contributed by atoms with Crippen LogP contribution in [0, 0.1) is 0 Å². The Morgan fingerprint density at radius 1 is 1.32 bits per heavy atom. The average Bonchev–Trinajstić information content (AvgIpc) is 3.01. The molecule has 0 unspecified atom stereocenters. The number of hydrogen-bond donors (Lipinski definition) is 1. The molecule has 1 aliphatic heterocycles. The van der Waals surface area contributed by atoms with Gasteiger partial charge in [-0.25, -0.2) is 0 Å². The predicted molar refractivity (Wildman–Crippen MR) is 87.1 cm³/mol. The van der Waals surface area contributed by atoms with Crippen LogP contribution in [0.5, 0.6) is 0 Å². The van der Waals surface area contributed by atoms with Gasteiger partial charge in [-0.2, -0.15) is 0 Å². The van der Waals surface area contributed by atoms with Gasteiger partial charge in [-0.1, -0.05) is 13.0 Å². The molecule has 2 N–H and O–H groups in total. The molecule has 3 rings (SSSR count). The number of fused-ring (bicyclic) bond motifs is 1. The summed E-state index contributed by atoms with van der Waals surface area (Å²) in [4.78, 5) is 27.4. The van der Waals surface area contributed by atoms with Crippen molar-refractivity contribution in [2.75, 3.05) is 6.54 Å². The maximum atomic E-state index is 12.9. The highest BCUT2D eigenvalue weighted by Crippen LogP contribution is 2.35. The van der Waals surface area contributed by atoms with Gasteiger partial charge in [0.15, 0.2) is 0 Å². The summed E-state index contributed by atoms with van der Waals surface area (Å²) in [6.45, 7) is 2.81. The quantitative estimate of drug-likeness (QED) is 0.946. The monoisotopic (exact) mass is 314 g/mol. The fraction of sp³-hybridized carbons (Fsp3) is 0.294. The van der Waals surface area contributed by atoms with Crippen molar-refractivity contribution in [2.45, 2.75) is 25.8 Å². The zero-order chi connectivity index (χ0) is 15.7. The molecule has 0 saturated carbocycles. The first-order valence-electron chi connectivity index (χ1n) is 7.39. The van der Waals surface area contributed by atoms with Crippen molar-refractivity contribution in [3.63, 3.8) is 0 Å². The van der Waals surface area contributed by atoms with Crippen LogP contribution in [0.1, 0.15) is 50.5 Å². The first kappa shape index (κ1) is 14.8. The summed E-state index contributed by atoms with van der Waals surface area (Å²) < 4.78 is 0. The first-order valence-corrected chi connectivity index (χ1v) is 8.27. The maximum Gasteiger partial charge on any atom is 0.254 e. The first-order chi connectivity index (χ1) is 10.6. The minimum absolute atomic E-state index is 0.0354. The molecule has 1 aliphatic rings. The maximum absolute atomic E-state index is 12.9. The molecule has 2 heterocycles. The highest BCUT2D eigenvalue weighted by Gasteiger charge is 2.30. The van der Waals surface area contributed by atoms with Crippen molar-refractivity contribution in [3.05, 3.63) is 57.3 Å². The molecule has 0 saturated heterocycles. The van der Waals surface area contributed by atoms with Gasteiger partial charge < -0.3 is 10.6 Å². The van der Waals surface area contributed by atoms with Gasteiger partial charge in [0.05, 0.1) is 6.04 Å². The Bertz CT molecular complexity index is 723. The molecule has 2 amide bonds. The molecule has 1 aromatic carbocycles. The Morgan fingerprint density at radius 3 is 2.82 bits per heavy atom. The Labute approximate surface area is 133 Å². The molecule has 5 heteroatoms. The van der Waals surface area contributed by atoms with Crippen LogP contribution in [0.2, 0.25) is 0 Å². The third kappa shape index (κ3) is 2.52. The standard InChI is InChI=1S/C17H18N2O2S/c1-2-14-13-7-9-22-15(13)6-8-19(14)17(21)12-5-3-4-11(10-12)16(18)20/h3-5,7,9-10,14H,2,6,8H2,1H3,(H2,18,20)/t14-/m0/s1. The number of primary amides is 1. The summed E-state index contributed by atoms with van der Waals surface area (Å²) in [5.74, 6) is -0.549. The lowest BCUT2D eigenvalue weighted by molar-refractivity contribution is 0.0657. The lowest BCUT2D eigenvalue weighted by Gasteiger charge is -2.35. The van der Waals surface area contributed by atoms with Gasteiger partial charge in [0.2, 0.25) is 5.91 Å². The highest BCUT2D eigenvalue weighted by molar-refractivity contribution is 7.10. The van der Waals surface area contributed by atoms with Crippen LogP contribution >= 0.6 is 11.3 Å². The molecular formula is C17H18N2O2S. The lowest BCUT2D eigenvalue weighted by Crippen LogP contribution is -2.39. The minimum Gasteiger partial charge on any atom is -0.366 e. The van der Waals surface area contributed by atoms with Gasteiger partial charge in [0.1, 0.15) is 0 Å². The summed E-state index contributed by atoms with van der Waals surface area (Å²) in [7, 11) is 0. The van der Waals surface area contributed by atoms with Crippen LogP contribution in [0.15, 0.2) is 35.7 Å². The Hall–Kier alpha value is -2.14. The van der Waals surface area contributed by atoms with Gasteiger partial charge in [0.25, 0.3) is 5.91 Å². The van der Waals surface area contributed by atoms with E-state index in [0.29, 0.717) is 17.7 Å². The molecule has 4 nitrogen and oxygen atoms in total. The Kier molecular flexibility index (Phi) is 3.98. The molecule has 0 fully saturated rings. The molecule has 114 valence electrons. The molecule has 0 spiro atoms. The van der Waals surface area contributed by atoms with Crippen molar-refractivity contribution >= 4 is 23.2 Å². The van der Waals surface area contributed by atoms with Crippen molar-refractivity contribution in [1.82, 2.24) is 4.90 Å². The number of rotatable bonds is 3. The largest absolute Gasteiger partial charge is 0.366 e. The number of amides is 2. The fourth-order valence-electron chi connectivity index (χ4n) is 3.05. The van der Waals surface area contributed by atoms with Crippen LogP contribution in [0.4, 0.5) is 0 Å². The van der Waals surface area contributed by atoms with Crippen LogP contribution in [0.25, 0.3) is 0 Å². The molecule has 2 aromatic rings. The molecule has 0 bridgehead atoms. The van der Waals surface area contributed by atoms with Gasteiger partial charge in [-0.15, -0.1) is 11.3 Å².